The normalized spacial score (nSPS) is 13.9. The minimum Gasteiger partial charge on any atom is -0.299 e. The van der Waals surface area contributed by atoms with Crippen molar-refractivity contribution in [2.24, 2.45) is 11.8 Å². The number of hydrogen-bond donors (Lipinski definition) is 0. The molecule has 2 heteroatoms. The third-order valence-corrected chi connectivity index (χ3v) is 4.26. The maximum Gasteiger partial charge on any atom is 0.140 e. The lowest BCUT2D eigenvalue weighted by Gasteiger charge is -2.09. The molecule has 0 heterocycles. The third kappa shape index (κ3) is 12.8. The molecular formula is C19H36O2. The second-order valence-electron chi connectivity index (χ2n) is 6.83. The monoisotopic (exact) mass is 296 g/mol. The average molecular weight is 296 g/mol. The minimum absolute atomic E-state index is 0.144. The highest BCUT2D eigenvalue weighted by atomic mass is 16.1. The maximum absolute atomic E-state index is 11.8. The Morgan fingerprint density at radius 1 is 0.714 bits per heavy atom. The van der Waals surface area contributed by atoms with E-state index in [1.807, 2.05) is 0 Å². The van der Waals surface area contributed by atoms with Gasteiger partial charge in [0.2, 0.25) is 0 Å². The molecule has 0 N–H and O–H groups in total. The van der Waals surface area contributed by atoms with Crippen LogP contribution in [-0.4, -0.2) is 11.6 Å². The van der Waals surface area contributed by atoms with Gasteiger partial charge in [0.05, 0.1) is 6.42 Å². The van der Waals surface area contributed by atoms with E-state index < -0.39 is 0 Å². The Hall–Kier alpha value is -0.660. The summed E-state index contributed by atoms with van der Waals surface area (Å²) in [4.78, 5) is 23.5. The van der Waals surface area contributed by atoms with Crippen molar-refractivity contribution in [1.82, 2.24) is 0 Å². The smallest absolute Gasteiger partial charge is 0.140 e. The third-order valence-electron chi connectivity index (χ3n) is 4.26. The van der Waals surface area contributed by atoms with Crippen LogP contribution >= 0.6 is 0 Å². The van der Waals surface area contributed by atoms with Crippen LogP contribution in [0.3, 0.4) is 0 Å². The van der Waals surface area contributed by atoms with Crippen molar-refractivity contribution in [3.05, 3.63) is 0 Å². The van der Waals surface area contributed by atoms with Crippen molar-refractivity contribution in [2.45, 2.75) is 98.3 Å². The molecule has 21 heavy (non-hydrogen) atoms. The van der Waals surface area contributed by atoms with Gasteiger partial charge in [-0.2, -0.15) is 0 Å². The zero-order valence-corrected chi connectivity index (χ0v) is 14.7. The largest absolute Gasteiger partial charge is 0.299 e. The highest BCUT2D eigenvalue weighted by molar-refractivity contribution is 5.98. The van der Waals surface area contributed by atoms with E-state index in [1.54, 1.807) is 0 Å². The van der Waals surface area contributed by atoms with Gasteiger partial charge in [-0.1, -0.05) is 66.2 Å². The first-order valence-electron chi connectivity index (χ1n) is 9.02. The second-order valence-corrected chi connectivity index (χ2v) is 6.83. The number of hydrogen-bond acceptors (Lipinski definition) is 2. The Labute approximate surface area is 132 Å². The summed E-state index contributed by atoms with van der Waals surface area (Å²) >= 11 is 0. The van der Waals surface area contributed by atoms with Crippen molar-refractivity contribution in [1.29, 1.82) is 0 Å². The molecular weight excluding hydrogens is 260 g/mol. The molecule has 0 saturated carbocycles. The molecule has 0 saturated heterocycles. The van der Waals surface area contributed by atoms with E-state index >= 15 is 0 Å². The molecule has 0 amide bonds. The van der Waals surface area contributed by atoms with Crippen LogP contribution < -0.4 is 0 Å². The van der Waals surface area contributed by atoms with Gasteiger partial charge in [0, 0.05) is 12.8 Å². The zero-order chi connectivity index (χ0) is 16.1. The van der Waals surface area contributed by atoms with Gasteiger partial charge in [0.1, 0.15) is 11.6 Å². The van der Waals surface area contributed by atoms with E-state index in [2.05, 4.69) is 27.7 Å². The van der Waals surface area contributed by atoms with Crippen LogP contribution in [0.2, 0.25) is 0 Å². The molecule has 0 aliphatic carbocycles. The van der Waals surface area contributed by atoms with E-state index in [0.29, 0.717) is 24.7 Å². The van der Waals surface area contributed by atoms with E-state index in [1.165, 1.54) is 25.7 Å². The number of ketones is 2. The first kappa shape index (κ1) is 20.3. The van der Waals surface area contributed by atoms with Crippen LogP contribution in [-0.2, 0) is 9.59 Å². The highest BCUT2D eigenvalue weighted by Crippen LogP contribution is 2.16. The van der Waals surface area contributed by atoms with Crippen LogP contribution in [0.25, 0.3) is 0 Å². The molecule has 0 bridgehead atoms. The van der Waals surface area contributed by atoms with Crippen LogP contribution in [0, 0.1) is 11.8 Å². The molecule has 0 aromatic carbocycles. The van der Waals surface area contributed by atoms with Gasteiger partial charge in [-0.3, -0.25) is 9.59 Å². The summed E-state index contributed by atoms with van der Waals surface area (Å²) in [6, 6.07) is 0. The summed E-state index contributed by atoms with van der Waals surface area (Å²) < 4.78 is 0. The van der Waals surface area contributed by atoms with Crippen LogP contribution in [0.15, 0.2) is 0 Å². The molecule has 0 spiro atoms. The lowest BCUT2D eigenvalue weighted by Crippen LogP contribution is -2.08. The summed E-state index contributed by atoms with van der Waals surface area (Å²) in [5.74, 6) is 1.70. The Balaban J connectivity index is 3.63. The fourth-order valence-electron chi connectivity index (χ4n) is 2.97. The van der Waals surface area contributed by atoms with E-state index in [4.69, 9.17) is 0 Å². The highest BCUT2D eigenvalue weighted by Gasteiger charge is 2.11. The fraction of sp³-hybridized carbons (Fsp3) is 0.895. The molecule has 0 aromatic heterocycles. The standard InChI is InChI=1S/C19H36O2/c1-5-9-16(3)11-7-13-18(20)15-19(21)14-8-12-17(4)10-6-2/h16-17H,5-15H2,1-4H3. The maximum atomic E-state index is 11.8. The average Bonchev–Trinajstić information content (AvgIpc) is 2.39. The van der Waals surface area contributed by atoms with Crippen molar-refractivity contribution in [3.63, 3.8) is 0 Å². The van der Waals surface area contributed by atoms with Gasteiger partial charge in [-0.25, -0.2) is 0 Å². The quantitative estimate of drug-likeness (QED) is 0.384. The van der Waals surface area contributed by atoms with Gasteiger partial charge >= 0.3 is 0 Å². The predicted molar refractivity (Wildman–Crippen MR) is 90.5 cm³/mol. The van der Waals surface area contributed by atoms with Crippen molar-refractivity contribution < 1.29 is 9.59 Å². The first-order valence-corrected chi connectivity index (χ1v) is 9.02. The lowest BCUT2D eigenvalue weighted by atomic mass is 9.96. The molecule has 2 atom stereocenters. The lowest BCUT2D eigenvalue weighted by molar-refractivity contribution is -0.127. The summed E-state index contributed by atoms with van der Waals surface area (Å²) in [5, 5.41) is 0. The molecule has 0 fully saturated rings. The molecule has 0 rings (SSSR count). The van der Waals surface area contributed by atoms with Gasteiger partial charge in [-0.05, 0) is 24.7 Å². The Bertz CT molecular complexity index is 255. The summed E-state index contributed by atoms with van der Waals surface area (Å²) in [7, 11) is 0. The number of rotatable bonds is 14. The molecule has 0 aliphatic heterocycles. The van der Waals surface area contributed by atoms with E-state index in [-0.39, 0.29) is 18.0 Å². The van der Waals surface area contributed by atoms with Crippen molar-refractivity contribution >= 4 is 11.6 Å². The van der Waals surface area contributed by atoms with Gasteiger partial charge < -0.3 is 0 Å². The zero-order valence-electron chi connectivity index (χ0n) is 14.7. The van der Waals surface area contributed by atoms with E-state index in [9.17, 15) is 9.59 Å². The van der Waals surface area contributed by atoms with Gasteiger partial charge in [0.25, 0.3) is 0 Å². The summed E-state index contributed by atoms with van der Waals surface area (Å²) in [5.41, 5.74) is 0. The fourth-order valence-corrected chi connectivity index (χ4v) is 2.97. The second kappa shape index (κ2) is 13.0. The van der Waals surface area contributed by atoms with Crippen molar-refractivity contribution in [3.8, 4) is 0 Å². The number of carbonyl (C=O) groups is 2. The number of carbonyl (C=O) groups excluding carboxylic acids is 2. The number of Topliss-reactive ketones (excluding diaryl/α,β-unsaturated/α-hetero) is 2. The molecule has 124 valence electrons. The Morgan fingerprint density at radius 2 is 1.10 bits per heavy atom. The SMILES string of the molecule is CCCC(C)CCCC(=O)CC(=O)CCCC(C)CCC. The summed E-state index contributed by atoms with van der Waals surface area (Å²) in [6.07, 6.45) is 10.4. The molecule has 2 nitrogen and oxygen atoms in total. The van der Waals surface area contributed by atoms with Crippen LogP contribution in [0.1, 0.15) is 98.3 Å². The predicted octanol–water partition coefficient (Wildman–Crippen LogP) is 5.73. The van der Waals surface area contributed by atoms with Crippen molar-refractivity contribution in [2.75, 3.05) is 0 Å². The Morgan fingerprint density at radius 3 is 1.43 bits per heavy atom. The summed E-state index contributed by atoms with van der Waals surface area (Å²) in [6.45, 7) is 8.89. The molecule has 0 aromatic rings. The topological polar surface area (TPSA) is 34.1 Å². The van der Waals surface area contributed by atoms with Gasteiger partial charge in [0.15, 0.2) is 0 Å². The van der Waals surface area contributed by atoms with Crippen LogP contribution in [0.5, 0.6) is 0 Å². The first-order chi connectivity index (χ1) is 9.99. The molecule has 0 aliphatic rings. The minimum atomic E-state index is 0.144. The molecule has 0 radical (unpaired) electrons. The van der Waals surface area contributed by atoms with Crippen LogP contribution in [0.4, 0.5) is 0 Å². The van der Waals surface area contributed by atoms with E-state index in [0.717, 1.165) is 25.7 Å². The van der Waals surface area contributed by atoms with Gasteiger partial charge in [-0.15, -0.1) is 0 Å². The molecule has 2 unspecified atom stereocenters. The Kier molecular flexibility index (Phi) is 12.6.